The Morgan fingerprint density at radius 2 is 1.88 bits per heavy atom. The van der Waals surface area contributed by atoms with Crippen LogP contribution in [-0.4, -0.2) is 58.2 Å². The van der Waals surface area contributed by atoms with E-state index in [2.05, 4.69) is 0 Å². The maximum absolute atomic E-state index is 10.7. The van der Waals surface area contributed by atoms with Gasteiger partial charge in [-0.15, -0.1) is 0 Å². The van der Waals surface area contributed by atoms with Crippen LogP contribution in [0.25, 0.3) is 0 Å². The van der Waals surface area contributed by atoms with Gasteiger partial charge in [0, 0.05) is 12.1 Å². The van der Waals surface area contributed by atoms with Crippen LogP contribution in [-0.2, 0) is 14.2 Å². The van der Waals surface area contributed by atoms with Gasteiger partial charge < -0.3 is 29.2 Å². The van der Waals surface area contributed by atoms with Gasteiger partial charge in [0.15, 0.2) is 11.9 Å². The predicted octanol–water partition coefficient (Wildman–Crippen LogP) is 0.572. The van der Waals surface area contributed by atoms with Crippen molar-refractivity contribution in [3.8, 4) is 5.75 Å². The highest BCUT2D eigenvalue weighted by Gasteiger charge is 2.55. The smallest absolute Gasteiger partial charge is 0.269 e. The summed E-state index contributed by atoms with van der Waals surface area (Å²) in [7, 11) is 0. The Bertz CT molecular complexity index is 604. The number of ether oxygens (including phenoxy) is 4. The molecule has 0 radical (unpaired) electrons. The van der Waals surface area contributed by atoms with Gasteiger partial charge in [0.05, 0.1) is 11.5 Å². The molecule has 2 saturated heterocycles. The van der Waals surface area contributed by atoms with Gasteiger partial charge in [0.1, 0.15) is 24.1 Å². The highest BCUT2D eigenvalue weighted by molar-refractivity contribution is 5.36. The first-order valence-corrected chi connectivity index (χ1v) is 7.52. The molecule has 0 aliphatic carbocycles. The van der Waals surface area contributed by atoms with E-state index in [1.807, 2.05) is 0 Å². The van der Waals surface area contributed by atoms with Crippen molar-refractivity contribution in [2.24, 2.45) is 0 Å². The molecule has 0 amide bonds. The van der Waals surface area contributed by atoms with Crippen LogP contribution in [0.1, 0.15) is 13.8 Å². The summed E-state index contributed by atoms with van der Waals surface area (Å²) < 4.78 is 22.7. The van der Waals surface area contributed by atoms with Crippen LogP contribution in [0.2, 0.25) is 0 Å². The summed E-state index contributed by atoms with van der Waals surface area (Å²) in [6.45, 7) is 3.00. The molecular formula is C15H19NO8. The molecule has 2 N–H and O–H groups in total. The van der Waals surface area contributed by atoms with Gasteiger partial charge in [0.2, 0.25) is 6.29 Å². The number of nitro groups is 1. The van der Waals surface area contributed by atoms with E-state index in [-0.39, 0.29) is 5.69 Å². The number of hydrogen-bond acceptors (Lipinski definition) is 8. The molecule has 2 fully saturated rings. The molecule has 1 aromatic carbocycles. The Balaban J connectivity index is 1.79. The summed E-state index contributed by atoms with van der Waals surface area (Å²) in [5.41, 5.74) is -0.0602. The lowest BCUT2D eigenvalue weighted by atomic mass is 9.99. The van der Waals surface area contributed by atoms with Gasteiger partial charge in [-0.25, -0.2) is 0 Å². The van der Waals surface area contributed by atoms with Gasteiger partial charge >= 0.3 is 0 Å². The number of rotatable bonds is 4. The Labute approximate surface area is 137 Å². The van der Waals surface area contributed by atoms with Crippen LogP contribution in [0.3, 0.4) is 0 Å². The van der Waals surface area contributed by atoms with Gasteiger partial charge in [-0.05, 0) is 26.0 Å². The van der Waals surface area contributed by atoms with E-state index >= 15 is 0 Å². The average Bonchev–Trinajstić information content (AvgIpc) is 2.87. The second-order valence-electron chi connectivity index (χ2n) is 6.15. The highest BCUT2D eigenvalue weighted by Crippen LogP contribution is 2.38. The summed E-state index contributed by atoms with van der Waals surface area (Å²) >= 11 is 0. The third-order valence-corrected chi connectivity index (χ3v) is 3.94. The molecule has 0 aromatic heterocycles. The Morgan fingerprint density at radius 3 is 2.46 bits per heavy atom. The quantitative estimate of drug-likeness (QED) is 0.602. The third-order valence-electron chi connectivity index (χ3n) is 3.94. The summed E-state index contributed by atoms with van der Waals surface area (Å²) in [6, 6.07) is 5.50. The monoisotopic (exact) mass is 341 g/mol. The lowest BCUT2D eigenvalue weighted by molar-refractivity contribution is -0.384. The zero-order valence-corrected chi connectivity index (χ0v) is 13.2. The van der Waals surface area contributed by atoms with Gasteiger partial charge in [0.25, 0.3) is 5.69 Å². The average molecular weight is 341 g/mol. The van der Waals surface area contributed by atoms with Crippen molar-refractivity contribution in [3.63, 3.8) is 0 Å². The first-order chi connectivity index (χ1) is 11.3. The molecule has 9 heteroatoms. The van der Waals surface area contributed by atoms with Crippen molar-refractivity contribution in [2.45, 2.75) is 50.3 Å². The zero-order chi connectivity index (χ0) is 17.5. The lowest BCUT2D eigenvalue weighted by Gasteiger charge is -2.39. The molecule has 132 valence electrons. The molecule has 0 unspecified atom stereocenters. The largest absolute Gasteiger partial charge is 0.462 e. The summed E-state index contributed by atoms with van der Waals surface area (Å²) in [4.78, 5) is 10.2. The number of aliphatic hydroxyl groups is 2. The number of fused-ring (bicyclic) bond motifs is 1. The fourth-order valence-corrected chi connectivity index (χ4v) is 2.86. The second-order valence-corrected chi connectivity index (χ2v) is 6.15. The molecule has 2 aliphatic heterocycles. The predicted molar refractivity (Wildman–Crippen MR) is 79.3 cm³/mol. The minimum atomic E-state index is -1.06. The van der Waals surface area contributed by atoms with Crippen LogP contribution >= 0.6 is 0 Å². The van der Waals surface area contributed by atoms with Crippen molar-refractivity contribution in [3.05, 3.63) is 34.4 Å². The van der Waals surface area contributed by atoms with Gasteiger partial charge in [-0.2, -0.15) is 0 Å². The number of nitro benzene ring substituents is 1. The maximum Gasteiger partial charge on any atom is 0.269 e. The number of aliphatic hydroxyl groups excluding tert-OH is 2. The maximum atomic E-state index is 10.7. The Hall–Kier alpha value is -1.78. The molecule has 5 atom stereocenters. The van der Waals surface area contributed by atoms with E-state index in [1.165, 1.54) is 24.3 Å². The lowest BCUT2D eigenvalue weighted by Crippen LogP contribution is -2.58. The van der Waals surface area contributed by atoms with Crippen LogP contribution < -0.4 is 4.74 Å². The van der Waals surface area contributed by atoms with Gasteiger partial charge in [-0.3, -0.25) is 10.1 Å². The van der Waals surface area contributed by atoms with Crippen LogP contribution in [0.4, 0.5) is 5.69 Å². The summed E-state index contributed by atoms with van der Waals surface area (Å²) in [5, 5.41) is 30.3. The minimum absolute atomic E-state index is 0.0602. The standard InChI is InChI=1S/C15H19NO8/c1-15(2)23-12-11(18)10(7-17)22-14(13(12)24-15)21-9-5-3-8(4-6-9)16(19)20/h3-6,10-14,17-18H,7H2,1-2H3/t10-,11-,12+,13+,14+/m1/s1. The molecule has 0 bridgehead atoms. The number of nitrogens with zero attached hydrogens (tertiary/aromatic N) is 1. The van der Waals surface area contributed by atoms with Crippen LogP contribution in [0.15, 0.2) is 24.3 Å². The molecular weight excluding hydrogens is 322 g/mol. The van der Waals surface area contributed by atoms with E-state index in [0.29, 0.717) is 5.75 Å². The SMILES string of the molecule is CC1(C)O[C@@H]2[C@@H](Oc3ccc([N+](=O)[O-])cc3)O[C@H](CO)[C@@H](O)[C@@H]2O1. The highest BCUT2D eigenvalue weighted by atomic mass is 16.8. The van der Waals surface area contributed by atoms with Crippen molar-refractivity contribution in [2.75, 3.05) is 6.61 Å². The first kappa shape index (κ1) is 17.1. The molecule has 0 spiro atoms. The zero-order valence-electron chi connectivity index (χ0n) is 13.2. The van der Waals surface area contributed by atoms with Crippen molar-refractivity contribution >= 4 is 5.69 Å². The topological polar surface area (TPSA) is 121 Å². The molecule has 2 heterocycles. The number of hydrogen-bond donors (Lipinski definition) is 2. The Kier molecular flexibility index (Phi) is 4.45. The van der Waals surface area contributed by atoms with E-state index < -0.39 is 48.0 Å². The number of non-ortho nitro benzene ring substituents is 1. The molecule has 2 aliphatic rings. The van der Waals surface area contributed by atoms with Gasteiger partial charge in [-0.1, -0.05) is 0 Å². The molecule has 9 nitrogen and oxygen atoms in total. The third kappa shape index (κ3) is 3.21. The van der Waals surface area contributed by atoms with E-state index in [0.717, 1.165) is 0 Å². The van der Waals surface area contributed by atoms with E-state index in [1.54, 1.807) is 13.8 Å². The van der Waals surface area contributed by atoms with Crippen LogP contribution in [0.5, 0.6) is 5.75 Å². The summed E-state index contributed by atoms with van der Waals surface area (Å²) in [5.74, 6) is -0.591. The molecule has 24 heavy (non-hydrogen) atoms. The normalized spacial score (nSPS) is 34.6. The fourth-order valence-electron chi connectivity index (χ4n) is 2.86. The summed E-state index contributed by atoms with van der Waals surface area (Å²) in [6.07, 6.45) is -4.29. The fraction of sp³-hybridized carbons (Fsp3) is 0.600. The molecule has 3 rings (SSSR count). The number of benzene rings is 1. The molecule has 1 aromatic rings. The second kappa shape index (κ2) is 6.26. The van der Waals surface area contributed by atoms with Crippen LogP contribution in [0, 0.1) is 10.1 Å². The van der Waals surface area contributed by atoms with E-state index in [9.17, 15) is 20.3 Å². The Morgan fingerprint density at radius 1 is 1.25 bits per heavy atom. The van der Waals surface area contributed by atoms with E-state index in [4.69, 9.17) is 18.9 Å². The van der Waals surface area contributed by atoms with Crippen molar-refractivity contribution < 1.29 is 34.1 Å². The first-order valence-electron chi connectivity index (χ1n) is 7.52. The van der Waals surface area contributed by atoms with Crippen molar-refractivity contribution in [1.29, 1.82) is 0 Å². The molecule has 0 saturated carbocycles. The van der Waals surface area contributed by atoms with Crippen molar-refractivity contribution in [1.82, 2.24) is 0 Å². The minimum Gasteiger partial charge on any atom is -0.462 e.